The molecule has 4 aliphatic heterocycles. The van der Waals surface area contributed by atoms with Gasteiger partial charge in [-0.2, -0.15) is 0 Å². The van der Waals surface area contributed by atoms with Gasteiger partial charge in [-0.25, -0.2) is 14.4 Å². The lowest BCUT2D eigenvalue weighted by Crippen LogP contribution is -2.52. The molecule has 0 radical (unpaired) electrons. The molecule has 7 rings (SSSR count). The molecule has 2 aromatic carbocycles. The number of carbonyl (C=O) groups is 3. The Hall–Kier alpha value is -3.96. The first-order valence-electron chi connectivity index (χ1n) is 14.6. The molecule has 218 valence electrons. The van der Waals surface area contributed by atoms with Crippen molar-refractivity contribution in [2.45, 2.75) is 63.3 Å². The van der Waals surface area contributed by atoms with Crippen LogP contribution < -0.4 is 10.1 Å². The van der Waals surface area contributed by atoms with Gasteiger partial charge in [0.2, 0.25) is 11.8 Å². The highest BCUT2D eigenvalue weighted by molar-refractivity contribution is 6.05. The monoisotopic (exact) mass is 573 g/mol. The van der Waals surface area contributed by atoms with E-state index in [2.05, 4.69) is 20.2 Å². The summed E-state index contributed by atoms with van der Waals surface area (Å²) in [5.74, 6) is 0.313. The Bertz CT molecular complexity index is 1570. The van der Waals surface area contributed by atoms with Gasteiger partial charge in [-0.05, 0) is 67.1 Å². The lowest BCUT2D eigenvalue weighted by Gasteiger charge is -2.29. The fraction of sp³-hybridized carbons (Fsp3) is 0.452. The largest absolute Gasteiger partial charge is 0.489 e. The SMILES string of the molecule is O=C1CC[C@H](N2Cc3cc(O[C@H]4CCN(Cc5cc(F)c6nc(C7CCOCC7)ncc6c5)C4)ccc3C2=O)C(=O)N1. The van der Waals surface area contributed by atoms with E-state index in [0.717, 1.165) is 36.9 Å². The van der Waals surface area contributed by atoms with E-state index in [-0.39, 0.29) is 36.1 Å². The summed E-state index contributed by atoms with van der Waals surface area (Å²) in [7, 11) is 0. The molecule has 0 unspecified atom stereocenters. The summed E-state index contributed by atoms with van der Waals surface area (Å²) >= 11 is 0. The van der Waals surface area contributed by atoms with Gasteiger partial charge in [-0.15, -0.1) is 0 Å². The first-order valence-corrected chi connectivity index (χ1v) is 14.6. The number of halogens is 1. The summed E-state index contributed by atoms with van der Waals surface area (Å²) in [6.45, 7) is 3.77. The van der Waals surface area contributed by atoms with Crippen LogP contribution in [0.15, 0.2) is 36.5 Å². The number of piperidine rings is 1. The number of likely N-dealkylation sites (tertiary alicyclic amines) is 1. The number of benzene rings is 2. The lowest BCUT2D eigenvalue weighted by molar-refractivity contribution is -0.136. The number of hydrogen-bond donors (Lipinski definition) is 1. The molecule has 1 N–H and O–H groups in total. The number of aromatic nitrogens is 2. The second-order valence-corrected chi connectivity index (χ2v) is 11.6. The summed E-state index contributed by atoms with van der Waals surface area (Å²) in [6, 6.07) is 8.31. The van der Waals surface area contributed by atoms with Crippen LogP contribution in [0.25, 0.3) is 10.9 Å². The highest BCUT2D eigenvalue weighted by Crippen LogP contribution is 2.32. The Morgan fingerprint density at radius 1 is 1.07 bits per heavy atom. The Morgan fingerprint density at radius 2 is 1.93 bits per heavy atom. The van der Waals surface area contributed by atoms with Gasteiger partial charge in [-0.1, -0.05) is 0 Å². The van der Waals surface area contributed by atoms with Crippen molar-refractivity contribution in [1.29, 1.82) is 0 Å². The van der Waals surface area contributed by atoms with Crippen LogP contribution in [0, 0.1) is 5.82 Å². The van der Waals surface area contributed by atoms with Gasteiger partial charge in [0.15, 0.2) is 0 Å². The van der Waals surface area contributed by atoms with Gasteiger partial charge in [-0.3, -0.25) is 24.6 Å². The first-order chi connectivity index (χ1) is 20.4. The Morgan fingerprint density at radius 3 is 2.76 bits per heavy atom. The van der Waals surface area contributed by atoms with Gasteiger partial charge in [0.05, 0.1) is 0 Å². The van der Waals surface area contributed by atoms with Crippen LogP contribution in [0.1, 0.15) is 65.3 Å². The zero-order valence-electron chi connectivity index (χ0n) is 23.2. The third-order valence-electron chi connectivity index (χ3n) is 8.73. The van der Waals surface area contributed by atoms with Gasteiger partial charge in [0.1, 0.15) is 35.1 Å². The standard InChI is InChI=1S/C31H32FN5O5/c32-25-12-18(11-20-14-33-29(35-28(20)25)19-6-9-41-10-7-19)15-36-8-5-23(17-36)42-22-1-2-24-21(13-22)16-37(31(24)40)26-3-4-27(38)34-30(26)39/h1-2,11-14,19,23,26H,3-10,15-17H2,(H,34,38,39)/t23-,26-/m0/s1. The minimum Gasteiger partial charge on any atom is -0.489 e. The van der Waals surface area contributed by atoms with Gasteiger partial charge < -0.3 is 14.4 Å². The number of amides is 3. The van der Waals surface area contributed by atoms with E-state index in [1.165, 1.54) is 4.90 Å². The molecule has 1 aromatic heterocycles. The van der Waals surface area contributed by atoms with E-state index < -0.39 is 11.9 Å². The number of rotatable bonds is 6. The molecular formula is C31H32FN5O5. The van der Waals surface area contributed by atoms with Crippen molar-refractivity contribution < 1.29 is 28.2 Å². The summed E-state index contributed by atoms with van der Waals surface area (Å²) in [5, 5.41) is 3.03. The third-order valence-corrected chi connectivity index (χ3v) is 8.73. The zero-order chi connectivity index (χ0) is 28.8. The first kappa shape index (κ1) is 26.9. The van der Waals surface area contributed by atoms with Crippen molar-refractivity contribution in [3.8, 4) is 5.75 Å². The summed E-state index contributed by atoms with van der Waals surface area (Å²) in [4.78, 5) is 49.7. The maximum Gasteiger partial charge on any atom is 0.255 e. The van der Waals surface area contributed by atoms with E-state index in [4.69, 9.17) is 9.47 Å². The molecule has 3 saturated heterocycles. The number of ether oxygens (including phenoxy) is 2. The molecule has 5 heterocycles. The van der Waals surface area contributed by atoms with Crippen LogP contribution in [-0.2, 0) is 27.4 Å². The Kier molecular flexibility index (Phi) is 7.07. The molecule has 3 fully saturated rings. The molecular weight excluding hydrogens is 541 g/mol. The summed E-state index contributed by atoms with van der Waals surface area (Å²) < 4.78 is 26.8. The number of nitrogens with one attached hydrogen (secondary N) is 1. The number of carbonyl (C=O) groups excluding carboxylic acids is 3. The molecule has 4 aliphatic rings. The van der Waals surface area contributed by atoms with E-state index in [1.807, 2.05) is 12.1 Å². The normalized spacial score (nSPS) is 23.5. The number of fused-ring (bicyclic) bond motifs is 2. The van der Waals surface area contributed by atoms with Crippen LogP contribution in [0.2, 0.25) is 0 Å². The fourth-order valence-corrected chi connectivity index (χ4v) is 6.53. The van der Waals surface area contributed by atoms with Crippen LogP contribution in [0.4, 0.5) is 4.39 Å². The van der Waals surface area contributed by atoms with Gasteiger partial charge in [0.25, 0.3) is 5.91 Å². The van der Waals surface area contributed by atoms with E-state index in [9.17, 15) is 14.4 Å². The number of imide groups is 1. The molecule has 0 aliphatic carbocycles. The Balaban J connectivity index is 0.977. The van der Waals surface area contributed by atoms with Crippen molar-refractivity contribution in [3.05, 3.63) is 64.9 Å². The molecule has 3 amide bonds. The van der Waals surface area contributed by atoms with Crippen molar-refractivity contribution in [1.82, 2.24) is 25.1 Å². The number of nitrogens with zero attached hydrogens (tertiary/aromatic N) is 4. The molecule has 10 nitrogen and oxygen atoms in total. The number of hydrogen-bond acceptors (Lipinski definition) is 8. The Labute approximate surface area is 242 Å². The molecule has 42 heavy (non-hydrogen) atoms. The highest BCUT2D eigenvalue weighted by atomic mass is 19.1. The average Bonchev–Trinajstić information content (AvgIpc) is 3.56. The second kappa shape index (κ2) is 11.0. The summed E-state index contributed by atoms with van der Waals surface area (Å²) in [6.07, 6.45) is 4.78. The molecule has 3 aromatic rings. The summed E-state index contributed by atoms with van der Waals surface area (Å²) in [5.41, 5.74) is 2.60. The minimum absolute atomic E-state index is 0.0398. The van der Waals surface area contributed by atoms with E-state index >= 15 is 4.39 Å². The van der Waals surface area contributed by atoms with E-state index in [0.29, 0.717) is 67.3 Å². The molecule has 0 spiro atoms. The molecule has 0 saturated carbocycles. The highest BCUT2D eigenvalue weighted by Gasteiger charge is 2.39. The van der Waals surface area contributed by atoms with Crippen LogP contribution >= 0.6 is 0 Å². The van der Waals surface area contributed by atoms with Crippen LogP contribution in [-0.4, -0.2) is 75.9 Å². The van der Waals surface area contributed by atoms with Gasteiger partial charge in [0, 0.05) is 68.9 Å². The van der Waals surface area contributed by atoms with Gasteiger partial charge >= 0.3 is 0 Å². The van der Waals surface area contributed by atoms with Crippen LogP contribution in [0.3, 0.4) is 0 Å². The topological polar surface area (TPSA) is 114 Å². The van der Waals surface area contributed by atoms with E-state index in [1.54, 1.807) is 24.4 Å². The average molecular weight is 574 g/mol. The van der Waals surface area contributed by atoms with Crippen molar-refractivity contribution in [2.75, 3.05) is 26.3 Å². The molecule has 0 bridgehead atoms. The molecule has 2 atom stereocenters. The third kappa shape index (κ3) is 5.22. The van der Waals surface area contributed by atoms with Crippen molar-refractivity contribution >= 4 is 28.6 Å². The zero-order valence-corrected chi connectivity index (χ0v) is 23.2. The minimum atomic E-state index is -0.643. The molecule has 11 heteroatoms. The fourth-order valence-electron chi connectivity index (χ4n) is 6.53. The van der Waals surface area contributed by atoms with Crippen LogP contribution in [0.5, 0.6) is 5.75 Å². The predicted molar refractivity (Wildman–Crippen MR) is 149 cm³/mol. The van der Waals surface area contributed by atoms with Crippen molar-refractivity contribution in [3.63, 3.8) is 0 Å². The maximum absolute atomic E-state index is 15.1. The maximum atomic E-state index is 15.1. The lowest BCUT2D eigenvalue weighted by atomic mass is 9.99. The van der Waals surface area contributed by atoms with Crippen molar-refractivity contribution in [2.24, 2.45) is 0 Å². The smallest absolute Gasteiger partial charge is 0.255 e. The quantitative estimate of drug-likeness (QED) is 0.448. The predicted octanol–water partition coefficient (Wildman–Crippen LogP) is 3.08. The second-order valence-electron chi connectivity index (χ2n) is 11.6.